The number of carboxylic acid groups (broad SMARTS) is 1. The van der Waals surface area contributed by atoms with Gasteiger partial charge in [-0.2, -0.15) is 0 Å². The van der Waals surface area contributed by atoms with Crippen molar-refractivity contribution >= 4 is 22.8 Å². The fourth-order valence-electron chi connectivity index (χ4n) is 5.34. The van der Waals surface area contributed by atoms with Crippen LogP contribution in [0.2, 0.25) is 0 Å². The van der Waals surface area contributed by atoms with Crippen molar-refractivity contribution in [3.63, 3.8) is 0 Å². The highest BCUT2D eigenvalue weighted by molar-refractivity contribution is 6.02. The van der Waals surface area contributed by atoms with Gasteiger partial charge in [0.15, 0.2) is 0 Å². The second-order valence-electron chi connectivity index (χ2n) is 9.69. The molecule has 0 radical (unpaired) electrons. The van der Waals surface area contributed by atoms with Crippen LogP contribution in [0, 0.1) is 11.3 Å². The Kier molecular flexibility index (Phi) is 6.03. The van der Waals surface area contributed by atoms with Crippen LogP contribution >= 0.6 is 0 Å². The molecule has 5 rings (SSSR count). The summed E-state index contributed by atoms with van der Waals surface area (Å²) in [5.41, 5.74) is 0.0732. The Bertz CT molecular complexity index is 1490. The molecule has 1 aromatic heterocycles. The lowest BCUT2D eigenvalue weighted by Crippen LogP contribution is -2.70. The zero-order valence-corrected chi connectivity index (χ0v) is 20.6. The number of hydrogen-bond acceptors (Lipinski definition) is 7. The summed E-state index contributed by atoms with van der Waals surface area (Å²) in [6, 6.07) is 15.0. The number of β-lactam (4-membered cyclic amide) rings is 1. The number of hydrogen-bond donors (Lipinski definition) is 2. The first-order chi connectivity index (χ1) is 17.6. The van der Waals surface area contributed by atoms with Crippen LogP contribution in [0.3, 0.4) is 0 Å². The summed E-state index contributed by atoms with van der Waals surface area (Å²) in [7, 11) is 0. The molecule has 0 unspecified atom stereocenters. The number of benzene rings is 2. The van der Waals surface area contributed by atoms with Crippen molar-refractivity contribution in [2.75, 3.05) is 6.61 Å². The Morgan fingerprint density at radius 1 is 1.11 bits per heavy atom. The number of aliphatic hydroxyl groups is 1. The first-order valence-electron chi connectivity index (χ1n) is 12.0. The number of carbonyl (C=O) groups excluding carboxylic acids is 1. The number of aliphatic carboxylic acids is 1. The van der Waals surface area contributed by atoms with E-state index in [9.17, 15) is 24.6 Å². The highest BCUT2D eigenvalue weighted by Gasteiger charge is 2.67. The summed E-state index contributed by atoms with van der Waals surface area (Å²) in [5.74, 6) is -0.880. The van der Waals surface area contributed by atoms with Gasteiger partial charge in [-0.1, -0.05) is 25.1 Å². The molecule has 0 spiro atoms. The number of para-hydroxylation sites is 1. The van der Waals surface area contributed by atoms with Gasteiger partial charge in [0, 0.05) is 34.6 Å². The van der Waals surface area contributed by atoms with Crippen LogP contribution in [0.15, 0.2) is 75.1 Å². The van der Waals surface area contributed by atoms with Crippen LogP contribution in [0.4, 0.5) is 0 Å². The second-order valence-corrected chi connectivity index (χ2v) is 9.69. The minimum absolute atomic E-state index is 0.0306. The zero-order chi connectivity index (χ0) is 26.5. The standard InChI is InChI=1S/C28H27NO8/c1-15-20(24(26(32)33)29-25(15)28(3,16(2)30)27(29)34)14-36-21-7-5-4-6-18(21)13-35-19-10-8-17-9-11-23(31)37-22(17)12-19/h4-12,15-16,25,30H,13-14H2,1-3H3,(H,32,33)/t15-,16+,25+,28+/m0/s1. The van der Waals surface area contributed by atoms with Crippen molar-refractivity contribution in [1.82, 2.24) is 4.90 Å². The maximum absolute atomic E-state index is 12.8. The molecule has 9 heteroatoms. The van der Waals surface area contributed by atoms with Gasteiger partial charge in [0.25, 0.3) is 0 Å². The SMILES string of the molecule is C[C@H]1C(COc2ccccc2COc2ccc3ccc(=O)oc3c2)=C(C(=O)O)N2C(=O)[C@](C)([C@@H](C)O)[C@@H]12. The van der Waals surface area contributed by atoms with E-state index < -0.39 is 35.1 Å². The molecule has 4 atom stereocenters. The van der Waals surface area contributed by atoms with Crippen molar-refractivity contribution in [2.45, 2.75) is 39.5 Å². The number of carboxylic acids is 1. The van der Waals surface area contributed by atoms with E-state index in [2.05, 4.69) is 0 Å². The minimum Gasteiger partial charge on any atom is -0.489 e. The molecular weight excluding hydrogens is 478 g/mol. The second kappa shape index (κ2) is 9.08. The molecule has 2 N–H and O–H groups in total. The molecule has 0 aliphatic carbocycles. The van der Waals surface area contributed by atoms with Gasteiger partial charge in [0.2, 0.25) is 5.91 Å². The molecular formula is C28H27NO8. The highest BCUT2D eigenvalue weighted by atomic mass is 16.5. The quantitative estimate of drug-likeness (QED) is 0.353. The molecule has 0 saturated carbocycles. The smallest absolute Gasteiger partial charge is 0.352 e. The van der Waals surface area contributed by atoms with E-state index in [0.717, 1.165) is 10.9 Å². The monoisotopic (exact) mass is 505 g/mol. The van der Waals surface area contributed by atoms with Gasteiger partial charge in [-0.05, 0) is 38.1 Å². The molecule has 2 aliphatic rings. The molecule has 0 bridgehead atoms. The summed E-state index contributed by atoms with van der Waals surface area (Å²) < 4.78 is 17.2. The highest BCUT2D eigenvalue weighted by Crippen LogP contribution is 2.54. The third kappa shape index (κ3) is 3.95. The Morgan fingerprint density at radius 3 is 2.57 bits per heavy atom. The Morgan fingerprint density at radius 2 is 1.84 bits per heavy atom. The van der Waals surface area contributed by atoms with Crippen molar-refractivity contribution in [1.29, 1.82) is 0 Å². The first kappa shape index (κ1) is 24.6. The summed E-state index contributed by atoms with van der Waals surface area (Å²) in [6.45, 7) is 5.21. The minimum atomic E-state index is -1.20. The lowest BCUT2D eigenvalue weighted by Gasteiger charge is -2.54. The maximum Gasteiger partial charge on any atom is 0.352 e. The van der Waals surface area contributed by atoms with Crippen molar-refractivity contribution in [3.8, 4) is 11.5 Å². The Hall–Kier alpha value is -4.11. The van der Waals surface area contributed by atoms with Crippen LogP contribution in [0.25, 0.3) is 11.0 Å². The molecule has 3 heterocycles. The molecule has 192 valence electrons. The van der Waals surface area contributed by atoms with E-state index in [1.807, 2.05) is 19.1 Å². The molecule has 2 aromatic carbocycles. The number of ether oxygens (including phenoxy) is 2. The molecule has 2 aliphatic heterocycles. The first-order valence-corrected chi connectivity index (χ1v) is 12.0. The normalized spacial score (nSPS) is 23.6. The zero-order valence-electron chi connectivity index (χ0n) is 20.6. The average Bonchev–Trinajstić information content (AvgIpc) is 3.15. The molecule has 9 nitrogen and oxygen atoms in total. The number of carbonyl (C=O) groups is 2. The fraction of sp³-hybridized carbons (Fsp3) is 0.321. The van der Waals surface area contributed by atoms with Gasteiger partial charge in [0.1, 0.15) is 36.0 Å². The van der Waals surface area contributed by atoms with Crippen molar-refractivity contribution < 1.29 is 33.7 Å². The summed E-state index contributed by atoms with van der Waals surface area (Å²) in [5, 5.41) is 20.9. The molecule has 1 fully saturated rings. The van der Waals surface area contributed by atoms with Crippen molar-refractivity contribution in [3.05, 3.63) is 81.9 Å². The third-order valence-corrected chi connectivity index (χ3v) is 7.56. The molecule has 1 saturated heterocycles. The van der Waals surface area contributed by atoms with Gasteiger partial charge in [-0.25, -0.2) is 9.59 Å². The van der Waals surface area contributed by atoms with Crippen LogP contribution in [-0.2, 0) is 16.2 Å². The van der Waals surface area contributed by atoms with E-state index in [0.29, 0.717) is 22.7 Å². The molecule has 37 heavy (non-hydrogen) atoms. The van der Waals surface area contributed by atoms with Crippen LogP contribution in [-0.4, -0.2) is 45.7 Å². The average molecular weight is 506 g/mol. The fourth-order valence-corrected chi connectivity index (χ4v) is 5.34. The van der Waals surface area contributed by atoms with E-state index in [-0.39, 0.29) is 24.8 Å². The predicted octanol–water partition coefficient (Wildman–Crippen LogP) is 3.34. The van der Waals surface area contributed by atoms with Crippen LogP contribution in [0.5, 0.6) is 11.5 Å². The Labute approximate surface area is 212 Å². The summed E-state index contributed by atoms with van der Waals surface area (Å²) in [6.07, 6.45) is -0.917. The van der Waals surface area contributed by atoms with Crippen LogP contribution < -0.4 is 15.1 Å². The van der Waals surface area contributed by atoms with E-state index >= 15 is 0 Å². The maximum atomic E-state index is 12.8. The van der Waals surface area contributed by atoms with Gasteiger partial charge >= 0.3 is 11.6 Å². The number of amides is 1. The van der Waals surface area contributed by atoms with Crippen LogP contribution in [0.1, 0.15) is 26.3 Å². The van der Waals surface area contributed by atoms with Gasteiger partial charge in [-0.3, -0.25) is 4.79 Å². The Balaban J connectivity index is 1.34. The van der Waals surface area contributed by atoms with E-state index in [1.165, 1.54) is 11.0 Å². The number of fused-ring (bicyclic) bond motifs is 2. The van der Waals surface area contributed by atoms with E-state index in [1.54, 1.807) is 50.2 Å². The third-order valence-electron chi connectivity index (χ3n) is 7.56. The largest absolute Gasteiger partial charge is 0.489 e. The summed E-state index contributed by atoms with van der Waals surface area (Å²) in [4.78, 5) is 37.8. The van der Waals surface area contributed by atoms with Gasteiger partial charge in [-0.15, -0.1) is 0 Å². The summed E-state index contributed by atoms with van der Waals surface area (Å²) >= 11 is 0. The van der Waals surface area contributed by atoms with Gasteiger partial charge in [0.05, 0.1) is 17.6 Å². The molecule has 1 amide bonds. The lowest BCUT2D eigenvalue weighted by molar-refractivity contribution is -0.181. The predicted molar refractivity (Wildman–Crippen MR) is 133 cm³/mol. The topological polar surface area (TPSA) is 127 Å². The number of nitrogens with zero attached hydrogens (tertiary/aromatic N) is 1. The number of rotatable bonds is 8. The van der Waals surface area contributed by atoms with Crippen molar-refractivity contribution in [2.24, 2.45) is 11.3 Å². The van der Waals surface area contributed by atoms with Gasteiger partial charge < -0.3 is 29.0 Å². The molecule has 3 aromatic rings. The lowest BCUT2D eigenvalue weighted by atomic mass is 9.65. The number of aliphatic hydroxyl groups excluding tert-OH is 1. The van der Waals surface area contributed by atoms with E-state index in [4.69, 9.17) is 13.9 Å².